The number of hydrogen-bond acceptors (Lipinski definition) is 2. The predicted octanol–water partition coefficient (Wildman–Crippen LogP) is 3.02. The number of ketones is 1. The largest absolute Gasteiger partial charge is 0.293 e. The third-order valence-electron chi connectivity index (χ3n) is 3.16. The lowest BCUT2D eigenvalue weighted by atomic mass is 10.1. The Balaban J connectivity index is 2.10. The summed E-state index contributed by atoms with van der Waals surface area (Å²) in [6, 6.07) is 3.94. The number of carbonyl (C=O) groups excluding carboxylic acids is 1. The first-order valence-electron chi connectivity index (χ1n) is 6.34. The summed E-state index contributed by atoms with van der Waals surface area (Å²) in [5, 5.41) is 0. The van der Waals surface area contributed by atoms with Crippen LogP contribution in [0.5, 0.6) is 0 Å². The van der Waals surface area contributed by atoms with E-state index >= 15 is 0 Å². The van der Waals surface area contributed by atoms with Gasteiger partial charge in [0.05, 0.1) is 12.1 Å². The number of Topliss-reactive ketones (excluding diaryl/α,β-unsaturated/α-hetero) is 1. The molecule has 0 radical (unpaired) electrons. The SMILES string of the molecule is CCCN(CC(=O)c1c(F)cccc1F)C1CC1. The lowest BCUT2D eigenvalue weighted by molar-refractivity contribution is 0.0916. The van der Waals surface area contributed by atoms with Gasteiger partial charge in [-0.05, 0) is 37.9 Å². The Hall–Kier alpha value is -1.29. The topological polar surface area (TPSA) is 20.3 Å². The van der Waals surface area contributed by atoms with Gasteiger partial charge in [0.2, 0.25) is 0 Å². The van der Waals surface area contributed by atoms with Crippen LogP contribution in [0.15, 0.2) is 18.2 Å². The highest BCUT2D eigenvalue weighted by molar-refractivity contribution is 5.98. The van der Waals surface area contributed by atoms with E-state index in [1.165, 1.54) is 6.07 Å². The van der Waals surface area contributed by atoms with Crippen LogP contribution in [0.1, 0.15) is 36.5 Å². The summed E-state index contributed by atoms with van der Waals surface area (Å²) < 4.78 is 26.9. The lowest BCUT2D eigenvalue weighted by Crippen LogP contribution is -2.33. The molecular weight excluding hydrogens is 236 g/mol. The zero-order valence-corrected chi connectivity index (χ0v) is 10.5. The molecule has 2 rings (SSSR count). The summed E-state index contributed by atoms with van der Waals surface area (Å²) in [7, 11) is 0. The first kappa shape index (κ1) is 13.1. The number of rotatable bonds is 6. The Labute approximate surface area is 106 Å². The highest BCUT2D eigenvalue weighted by Gasteiger charge is 2.30. The number of halogens is 2. The van der Waals surface area contributed by atoms with Gasteiger partial charge in [-0.25, -0.2) is 8.78 Å². The van der Waals surface area contributed by atoms with E-state index in [0.29, 0.717) is 6.04 Å². The van der Waals surface area contributed by atoms with Gasteiger partial charge < -0.3 is 0 Å². The molecule has 2 nitrogen and oxygen atoms in total. The van der Waals surface area contributed by atoms with Crippen molar-refractivity contribution in [1.29, 1.82) is 0 Å². The molecule has 1 aliphatic rings. The Morgan fingerprint density at radius 3 is 2.44 bits per heavy atom. The summed E-state index contributed by atoms with van der Waals surface area (Å²) in [6.07, 6.45) is 3.09. The zero-order valence-electron chi connectivity index (χ0n) is 10.5. The molecule has 1 aromatic carbocycles. The number of hydrogen-bond donors (Lipinski definition) is 0. The van der Waals surface area contributed by atoms with Gasteiger partial charge in [0.25, 0.3) is 0 Å². The average Bonchev–Trinajstić information content (AvgIpc) is 3.12. The molecule has 0 aliphatic heterocycles. The second kappa shape index (κ2) is 5.57. The van der Waals surface area contributed by atoms with Crippen molar-refractivity contribution in [2.45, 2.75) is 32.2 Å². The summed E-state index contributed by atoms with van der Waals surface area (Å²) >= 11 is 0. The van der Waals surface area contributed by atoms with Crippen molar-refractivity contribution < 1.29 is 13.6 Å². The summed E-state index contributed by atoms with van der Waals surface area (Å²) in [4.78, 5) is 14.0. The first-order chi connectivity index (χ1) is 8.63. The molecule has 0 atom stereocenters. The molecule has 1 saturated carbocycles. The van der Waals surface area contributed by atoms with E-state index in [4.69, 9.17) is 0 Å². The molecule has 0 aromatic heterocycles. The van der Waals surface area contributed by atoms with Crippen molar-refractivity contribution in [1.82, 2.24) is 4.90 Å². The fourth-order valence-electron chi connectivity index (χ4n) is 2.15. The molecule has 0 saturated heterocycles. The first-order valence-corrected chi connectivity index (χ1v) is 6.34. The fourth-order valence-corrected chi connectivity index (χ4v) is 2.15. The fraction of sp³-hybridized carbons (Fsp3) is 0.500. The van der Waals surface area contributed by atoms with Gasteiger partial charge in [-0.15, -0.1) is 0 Å². The van der Waals surface area contributed by atoms with Crippen LogP contribution in [-0.4, -0.2) is 29.8 Å². The van der Waals surface area contributed by atoms with Gasteiger partial charge in [-0.1, -0.05) is 13.0 Å². The third kappa shape index (κ3) is 2.93. The van der Waals surface area contributed by atoms with Crippen LogP contribution >= 0.6 is 0 Å². The van der Waals surface area contributed by atoms with Gasteiger partial charge in [-0.2, -0.15) is 0 Å². The maximum Gasteiger partial charge on any atom is 0.182 e. The van der Waals surface area contributed by atoms with Crippen molar-refractivity contribution in [3.63, 3.8) is 0 Å². The van der Waals surface area contributed by atoms with Crippen LogP contribution in [0.2, 0.25) is 0 Å². The molecule has 98 valence electrons. The Morgan fingerprint density at radius 2 is 1.94 bits per heavy atom. The second-order valence-corrected chi connectivity index (χ2v) is 4.72. The highest BCUT2D eigenvalue weighted by atomic mass is 19.1. The highest BCUT2D eigenvalue weighted by Crippen LogP contribution is 2.27. The van der Waals surface area contributed by atoms with Gasteiger partial charge >= 0.3 is 0 Å². The van der Waals surface area contributed by atoms with E-state index in [-0.39, 0.29) is 6.54 Å². The number of benzene rings is 1. The minimum absolute atomic E-state index is 0.107. The molecule has 0 N–H and O–H groups in total. The molecule has 1 aromatic rings. The van der Waals surface area contributed by atoms with Crippen LogP contribution in [0.3, 0.4) is 0 Å². The molecule has 18 heavy (non-hydrogen) atoms. The minimum Gasteiger partial charge on any atom is -0.293 e. The van der Waals surface area contributed by atoms with Crippen molar-refractivity contribution in [2.75, 3.05) is 13.1 Å². The second-order valence-electron chi connectivity index (χ2n) is 4.72. The molecule has 0 spiro atoms. The summed E-state index contributed by atoms with van der Waals surface area (Å²) in [5.41, 5.74) is -0.403. The maximum absolute atomic E-state index is 13.5. The van der Waals surface area contributed by atoms with Crippen molar-refractivity contribution in [2.24, 2.45) is 0 Å². The standard InChI is InChI=1S/C14H17F2NO/c1-2-8-17(10-6-7-10)9-13(18)14-11(15)4-3-5-12(14)16/h3-5,10H,2,6-9H2,1H3. The summed E-state index contributed by atoms with van der Waals surface area (Å²) in [6.45, 7) is 2.94. The molecule has 4 heteroatoms. The Morgan fingerprint density at radius 1 is 1.33 bits per heavy atom. The molecule has 0 bridgehead atoms. The van der Waals surface area contributed by atoms with E-state index in [1.807, 2.05) is 11.8 Å². The molecule has 1 aliphatic carbocycles. The zero-order chi connectivity index (χ0) is 13.1. The maximum atomic E-state index is 13.5. The van der Waals surface area contributed by atoms with E-state index in [1.54, 1.807) is 0 Å². The Kier molecular flexibility index (Phi) is 4.07. The van der Waals surface area contributed by atoms with Crippen molar-refractivity contribution in [3.05, 3.63) is 35.4 Å². The van der Waals surface area contributed by atoms with Crippen LogP contribution in [-0.2, 0) is 0 Å². The van der Waals surface area contributed by atoms with E-state index in [0.717, 1.165) is 37.9 Å². The predicted molar refractivity (Wildman–Crippen MR) is 65.6 cm³/mol. The molecule has 0 amide bonds. The molecule has 0 unspecified atom stereocenters. The lowest BCUT2D eigenvalue weighted by Gasteiger charge is -2.20. The minimum atomic E-state index is -0.771. The Bertz CT molecular complexity index is 423. The molecule has 1 fully saturated rings. The van der Waals surface area contributed by atoms with Crippen LogP contribution in [0.4, 0.5) is 8.78 Å². The van der Waals surface area contributed by atoms with Gasteiger partial charge in [0.1, 0.15) is 11.6 Å². The number of nitrogens with zero attached hydrogens (tertiary/aromatic N) is 1. The van der Waals surface area contributed by atoms with Crippen molar-refractivity contribution >= 4 is 5.78 Å². The van der Waals surface area contributed by atoms with E-state index in [9.17, 15) is 13.6 Å². The van der Waals surface area contributed by atoms with Crippen LogP contribution < -0.4 is 0 Å². The monoisotopic (exact) mass is 253 g/mol. The average molecular weight is 253 g/mol. The van der Waals surface area contributed by atoms with Gasteiger partial charge in [-0.3, -0.25) is 9.69 Å². The van der Waals surface area contributed by atoms with Crippen LogP contribution in [0, 0.1) is 11.6 Å². The van der Waals surface area contributed by atoms with Crippen molar-refractivity contribution in [3.8, 4) is 0 Å². The summed E-state index contributed by atoms with van der Waals surface area (Å²) in [5.74, 6) is -2.01. The van der Waals surface area contributed by atoms with Crippen LogP contribution in [0.25, 0.3) is 0 Å². The van der Waals surface area contributed by atoms with E-state index < -0.39 is 23.0 Å². The van der Waals surface area contributed by atoms with Gasteiger partial charge in [0, 0.05) is 6.04 Å². The van der Waals surface area contributed by atoms with E-state index in [2.05, 4.69) is 0 Å². The third-order valence-corrected chi connectivity index (χ3v) is 3.16. The molecular formula is C14H17F2NO. The number of carbonyl (C=O) groups is 1. The van der Waals surface area contributed by atoms with Gasteiger partial charge in [0.15, 0.2) is 5.78 Å². The quantitative estimate of drug-likeness (QED) is 0.726. The normalized spacial score (nSPS) is 15.1. The smallest absolute Gasteiger partial charge is 0.182 e. The molecule has 0 heterocycles.